The molecule has 2 unspecified atom stereocenters. The molecule has 3 atom stereocenters. The highest BCUT2D eigenvalue weighted by atomic mass is 16.4. The summed E-state index contributed by atoms with van der Waals surface area (Å²) in [6.07, 6.45) is 2.60. The largest absolute Gasteiger partial charge is 0.481 e. The summed E-state index contributed by atoms with van der Waals surface area (Å²) in [5.41, 5.74) is 4.49. The number of carbonyl (C=O) groups is 3. The lowest BCUT2D eigenvalue weighted by atomic mass is 9.77. The molecule has 0 aromatic heterocycles. The van der Waals surface area contributed by atoms with Gasteiger partial charge in [0.2, 0.25) is 11.8 Å². The first-order valence-electron chi connectivity index (χ1n) is 8.45. The second-order valence-corrected chi connectivity index (χ2v) is 8.30. The Labute approximate surface area is 143 Å². The molecule has 1 saturated carbocycles. The number of amides is 2. The molecule has 0 spiro atoms. The van der Waals surface area contributed by atoms with E-state index in [0.29, 0.717) is 5.92 Å². The minimum atomic E-state index is -1.18. The average Bonchev–Trinajstić information content (AvgIpc) is 2.85. The highest BCUT2D eigenvalue weighted by molar-refractivity contribution is 5.93. The van der Waals surface area contributed by atoms with Crippen molar-refractivity contribution in [3.8, 4) is 0 Å². The minimum Gasteiger partial charge on any atom is -0.481 e. The van der Waals surface area contributed by atoms with Crippen LogP contribution in [0.4, 0.5) is 0 Å². The van der Waals surface area contributed by atoms with Crippen LogP contribution in [0.1, 0.15) is 60.3 Å². The zero-order valence-corrected chi connectivity index (χ0v) is 15.3. The van der Waals surface area contributed by atoms with Crippen LogP contribution < -0.4 is 16.4 Å². The molecule has 1 fully saturated rings. The van der Waals surface area contributed by atoms with Crippen molar-refractivity contribution in [3.63, 3.8) is 0 Å². The third-order valence-electron chi connectivity index (χ3n) is 4.68. The molecule has 1 aliphatic rings. The van der Waals surface area contributed by atoms with Crippen LogP contribution in [0.2, 0.25) is 0 Å². The number of hydrogen-bond donors (Lipinski definition) is 4. The Morgan fingerprint density at radius 1 is 1.17 bits per heavy atom. The van der Waals surface area contributed by atoms with Crippen LogP contribution in [-0.4, -0.2) is 40.5 Å². The molecule has 2 amide bonds. The minimum absolute atomic E-state index is 0.0846. The number of carbonyl (C=O) groups excluding carboxylic acids is 2. The maximum absolute atomic E-state index is 12.6. The zero-order chi connectivity index (χ0) is 18.7. The Kier molecular flexibility index (Phi) is 6.38. The van der Waals surface area contributed by atoms with Gasteiger partial charge in [-0.25, -0.2) is 0 Å². The van der Waals surface area contributed by atoms with E-state index in [1.165, 1.54) is 0 Å². The van der Waals surface area contributed by atoms with Gasteiger partial charge in [-0.15, -0.1) is 0 Å². The van der Waals surface area contributed by atoms with Gasteiger partial charge < -0.3 is 21.5 Å². The van der Waals surface area contributed by atoms with E-state index in [2.05, 4.69) is 31.4 Å². The van der Waals surface area contributed by atoms with E-state index in [-0.39, 0.29) is 17.4 Å². The van der Waals surface area contributed by atoms with Gasteiger partial charge in [0.25, 0.3) is 0 Å². The van der Waals surface area contributed by atoms with Crippen LogP contribution in [0.25, 0.3) is 0 Å². The molecule has 5 N–H and O–H groups in total. The monoisotopic (exact) mass is 341 g/mol. The van der Waals surface area contributed by atoms with E-state index >= 15 is 0 Å². The summed E-state index contributed by atoms with van der Waals surface area (Å²) in [4.78, 5) is 35.2. The van der Waals surface area contributed by atoms with Gasteiger partial charge in [-0.3, -0.25) is 14.4 Å². The summed E-state index contributed by atoms with van der Waals surface area (Å²) in [7, 11) is 0. The lowest BCUT2D eigenvalue weighted by molar-refractivity contribution is -0.140. The van der Waals surface area contributed by atoms with Crippen molar-refractivity contribution < 1.29 is 19.5 Å². The van der Waals surface area contributed by atoms with E-state index in [1.54, 1.807) is 13.8 Å². The molecule has 0 saturated heterocycles. The molecule has 0 aliphatic heterocycles. The molecule has 0 aromatic carbocycles. The lowest BCUT2D eigenvalue weighted by Gasteiger charge is -2.35. The molecule has 1 aliphatic carbocycles. The summed E-state index contributed by atoms with van der Waals surface area (Å²) in [5.74, 6) is -1.68. The highest BCUT2D eigenvalue weighted by Crippen LogP contribution is 2.39. The van der Waals surface area contributed by atoms with Crippen molar-refractivity contribution >= 4 is 17.8 Å². The van der Waals surface area contributed by atoms with Gasteiger partial charge in [0.15, 0.2) is 0 Å². The van der Waals surface area contributed by atoms with Gasteiger partial charge >= 0.3 is 5.97 Å². The lowest BCUT2D eigenvalue weighted by Crippen LogP contribution is -2.60. The number of carboxylic acid groups (broad SMARTS) is 1. The number of carboxylic acids is 1. The predicted octanol–water partition coefficient (Wildman–Crippen LogP) is 1.01. The third kappa shape index (κ3) is 5.47. The van der Waals surface area contributed by atoms with E-state index in [0.717, 1.165) is 19.3 Å². The number of nitrogens with one attached hydrogen (secondary N) is 2. The SMILES string of the molecule is CC(C)(NC(=O)[C@@H](N)CC(=O)O)C(=O)NC1CCCC1C(C)(C)C. The first kappa shape index (κ1) is 20.4. The molecule has 138 valence electrons. The smallest absolute Gasteiger partial charge is 0.305 e. The van der Waals surface area contributed by atoms with Crippen LogP contribution in [0.15, 0.2) is 0 Å². The second-order valence-electron chi connectivity index (χ2n) is 8.30. The number of aliphatic carboxylic acids is 1. The third-order valence-corrected chi connectivity index (χ3v) is 4.68. The van der Waals surface area contributed by atoms with E-state index in [9.17, 15) is 14.4 Å². The van der Waals surface area contributed by atoms with Crippen molar-refractivity contribution in [2.24, 2.45) is 17.1 Å². The van der Waals surface area contributed by atoms with Crippen molar-refractivity contribution in [1.29, 1.82) is 0 Å². The first-order valence-corrected chi connectivity index (χ1v) is 8.45. The summed E-state index contributed by atoms with van der Waals surface area (Å²) in [6.45, 7) is 9.68. The van der Waals surface area contributed by atoms with Crippen LogP contribution in [0.3, 0.4) is 0 Å². The van der Waals surface area contributed by atoms with Crippen molar-refractivity contribution in [2.75, 3.05) is 0 Å². The summed E-state index contributed by atoms with van der Waals surface area (Å²) >= 11 is 0. The van der Waals surface area contributed by atoms with Crippen molar-refractivity contribution in [3.05, 3.63) is 0 Å². The zero-order valence-electron chi connectivity index (χ0n) is 15.3. The summed E-state index contributed by atoms with van der Waals surface area (Å²) < 4.78 is 0. The number of nitrogens with two attached hydrogens (primary N) is 1. The molecular weight excluding hydrogens is 310 g/mol. The fourth-order valence-electron chi connectivity index (χ4n) is 3.26. The number of rotatable bonds is 6. The summed E-state index contributed by atoms with van der Waals surface area (Å²) in [5, 5.41) is 14.3. The topological polar surface area (TPSA) is 122 Å². The maximum Gasteiger partial charge on any atom is 0.305 e. The molecule has 0 bridgehead atoms. The molecule has 1 rings (SSSR count). The van der Waals surface area contributed by atoms with E-state index in [4.69, 9.17) is 10.8 Å². The fourth-order valence-corrected chi connectivity index (χ4v) is 3.26. The molecule has 0 aromatic rings. The van der Waals surface area contributed by atoms with Gasteiger partial charge in [-0.2, -0.15) is 0 Å². The molecular formula is C17H31N3O4. The molecule has 0 heterocycles. The Balaban J connectivity index is 2.68. The van der Waals surface area contributed by atoms with Crippen LogP contribution in [-0.2, 0) is 14.4 Å². The Hall–Kier alpha value is -1.63. The Morgan fingerprint density at radius 2 is 1.75 bits per heavy atom. The van der Waals surface area contributed by atoms with Gasteiger partial charge in [0.05, 0.1) is 12.5 Å². The van der Waals surface area contributed by atoms with Crippen LogP contribution in [0, 0.1) is 11.3 Å². The van der Waals surface area contributed by atoms with Crippen LogP contribution >= 0.6 is 0 Å². The van der Waals surface area contributed by atoms with Gasteiger partial charge in [-0.05, 0) is 38.0 Å². The van der Waals surface area contributed by atoms with E-state index in [1.807, 2.05) is 0 Å². The molecule has 0 radical (unpaired) electrons. The average molecular weight is 341 g/mol. The Bertz CT molecular complexity index is 497. The standard InChI is InChI=1S/C17H31N3O4/c1-16(2,3)10-7-6-8-12(10)19-15(24)17(4,5)20-14(23)11(18)9-13(21)22/h10-12H,6-9,18H2,1-5H3,(H,19,24)(H,20,23)(H,21,22)/t10?,11-,12?/m0/s1. The number of hydrogen-bond acceptors (Lipinski definition) is 4. The van der Waals surface area contributed by atoms with Crippen molar-refractivity contribution in [2.45, 2.75) is 77.9 Å². The quantitative estimate of drug-likeness (QED) is 0.574. The van der Waals surface area contributed by atoms with Gasteiger partial charge in [0.1, 0.15) is 5.54 Å². The van der Waals surface area contributed by atoms with Crippen LogP contribution in [0.5, 0.6) is 0 Å². The normalized spacial score (nSPS) is 22.8. The van der Waals surface area contributed by atoms with Crippen molar-refractivity contribution in [1.82, 2.24) is 10.6 Å². The predicted molar refractivity (Wildman–Crippen MR) is 91.2 cm³/mol. The van der Waals surface area contributed by atoms with Gasteiger partial charge in [-0.1, -0.05) is 27.2 Å². The Morgan fingerprint density at radius 3 is 2.25 bits per heavy atom. The summed E-state index contributed by atoms with van der Waals surface area (Å²) in [6, 6.07) is -1.09. The highest BCUT2D eigenvalue weighted by Gasteiger charge is 2.39. The van der Waals surface area contributed by atoms with Gasteiger partial charge in [0, 0.05) is 6.04 Å². The molecule has 7 nitrogen and oxygen atoms in total. The first-order chi connectivity index (χ1) is 10.8. The molecule has 24 heavy (non-hydrogen) atoms. The van der Waals surface area contributed by atoms with E-state index < -0.39 is 29.9 Å². The second kappa shape index (κ2) is 7.51. The fraction of sp³-hybridized carbons (Fsp3) is 0.824. The molecule has 7 heteroatoms. The maximum atomic E-state index is 12.6.